The normalized spacial score (nSPS) is 13.7. The maximum absolute atomic E-state index is 11.5. The van der Waals surface area contributed by atoms with E-state index in [1.165, 1.54) is 0 Å². The highest BCUT2D eigenvalue weighted by Crippen LogP contribution is 2.23. The second-order valence-corrected chi connectivity index (χ2v) is 19.6. The molecule has 22 heavy (non-hydrogen) atoms. The molecule has 128 valence electrons. The number of carboxylic acid groups (broad SMARTS) is 2. The van der Waals surface area contributed by atoms with Gasteiger partial charge in [0.25, 0.3) is 0 Å². The van der Waals surface area contributed by atoms with Gasteiger partial charge in [0.15, 0.2) is 0 Å². The molecule has 0 aromatic rings. The SMILES string of the molecule is C[Si](C)(C)CCCC(C(=O)O)=C(CCC[Si](C)(C)C)C(=O)O. The first-order valence-electron chi connectivity index (χ1n) is 8.02. The smallest absolute Gasteiger partial charge is 0.332 e. The monoisotopic (exact) mass is 344 g/mol. The quantitative estimate of drug-likeness (QED) is 0.445. The third-order valence-electron chi connectivity index (χ3n) is 3.59. The van der Waals surface area contributed by atoms with Crippen LogP contribution in [0.25, 0.3) is 0 Å². The van der Waals surface area contributed by atoms with Crippen LogP contribution in [0.15, 0.2) is 11.1 Å². The Kier molecular flexibility index (Phi) is 8.32. The fourth-order valence-electron chi connectivity index (χ4n) is 2.36. The van der Waals surface area contributed by atoms with Crippen molar-refractivity contribution in [3.05, 3.63) is 11.1 Å². The Hall–Kier alpha value is -0.886. The van der Waals surface area contributed by atoms with Gasteiger partial charge in [-0.25, -0.2) is 9.59 Å². The van der Waals surface area contributed by atoms with Crippen LogP contribution in [0.3, 0.4) is 0 Å². The lowest BCUT2D eigenvalue weighted by Crippen LogP contribution is -2.20. The highest BCUT2D eigenvalue weighted by Gasteiger charge is 2.22. The largest absolute Gasteiger partial charge is 0.478 e. The molecule has 0 aliphatic heterocycles. The molecule has 6 heteroatoms. The van der Waals surface area contributed by atoms with Crippen molar-refractivity contribution in [3.63, 3.8) is 0 Å². The van der Waals surface area contributed by atoms with Gasteiger partial charge in [0, 0.05) is 27.3 Å². The third kappa shape index (κ3) is 9.94. The topological polar surface area (TPSA) is 74.6 Å². The second kappa shape index (κ2) is 8.67. The molecule has 0 radical (unpaired) electrons. The summed E-state index contributed by atoms with van der Waals surface area (Å²) < 4.78 is 0. The average Bonchev–Trinajstić information content (AvgIpc) is 2.27. The van der Waals surface area contributed by atoms with Gasteiger partial charge < -0.3 is 10.2 Å². The molecule has 4 nitrogen and oxygen atoms in total. The molecule has 2 N–H and O–H groups in total. The zero-order valence-electron chi connectivity index (χ0n) is 15.0. The summed E-state index contributed by atoms with van der Waals surface area (Å²) in [4.78, 5) is 22.9. The van der Waals surface area contributed by atoms with Crippen LogP contribution >= 0.6 is 0 Å². The maximum atomic E-state index is 11.5. The van der Waals surface area contributed by atoms with E-state index >= 15 is 0 Å². The number of rotatable bonds is 10. The molecule has 0 saturated heterocycles. The van der Waals surface area contributed by atoms with Crippen molar-refractivity contribution in [2.45, 2.75) is 77.1 Å². The highest BCUT2D eigenvalue weighted by atomic mass is 28.3. The first-order chi connectivity index (χ1) is 9.83. The second-order valence-electron chi connectivity index (χ2n) is 8.40. The maximum Gasteiger partial charge on any atom is 0.332 e. The Balaban J connectivity index is 4.98. The molecule has 0 aliphatic rings. The van der Waals surface area contributed by atoms with Crippen molar-refractivity contribution in [2.75, 3.05) is 0 Å². The summed E-state index contributed by atoms with van der Waals surface area (Å²) in [6.07, 6.45) is 2.27. The molecule has 0 unspecified atom stereocenters. The molecule has 0 spiro atoms. The number of hydrogen-bond donors (Lipinski definition) is 2. The summed E-state index contributed by atoms with van der Waals surface area (Å²) >= 11 is 0. The predicted octanol–water partition coefficient (Wildman–Crippen LogP) is 4.69. The Bertz CT molecular complexity index is 388. The fourth-order valence-corrected chi connectivity index (χ4v) is 4.84. The first kappa shape index (κ1) is 21.1. The summed E-state index contributed by atoms with van der Waals surface area (Å²) in [6, 6.07) is 2.04. The lowest BCUT2D eigenvalue weighted by atomic mass is 10.00. The van der Waals surface area contributed by atoms with E-state index in [4.69, 9.17) is 0 Å². The predicted molar refractivity (Wildman–Crippen MR) is 97.1 cm³/mol. The minimum atomic E-state index is -1.23. The summed E-state index contributed by atoms with van der Waals surface area (Å²) in [5, 5.41) is 18.8. The van der Waals surface area contributed by atoms with E-state index in [-0.39, 0.29) is 11.1 Å². The van der Waals surface area contributed by atoms with E-state index in [0.29, 0.717) is 12.8 Å². The molecule has 0 fully saturated rings. The molecule has 0 bridgehead atoms. The van der Waals surface area contributed by atoms with Crippen LogP contribution in [0.5, 0.6) is 0 Å². The lowest BCUT2D eigenvalue weighted by molar-refractivity contribution is -0.136. The van der Waals surface area contributed by atoms with E-state index in [9.17, 15) is 19.8 Å². The van der Waals surface area contributed by atoms with Crippen molar-refractivity contribution in [1.82, 2.24) is 0 Å². The molecule has 0 saturated carbocycles. The van der Waals surface area contributed by atoms with E-state index in [1.54, 1.807) is 0 Å². The molecular weight excluding hydrogens is 312 g/mol. The fraction of sp³-hybridized carbons (Fsp3) is 0.750. The molecular formula is C16H32O4Si2. The van der Waals surface area contributed by atoms with E-state index in [2.05, 4.69) is 39.3 Å². The lowest BCUT2D eigenvalue weighted by Gasteiger charge is -2.17. The van der Waals surface area contributed by atoms with Gasteiger partial charge in [0.2, 0.25) is 0 Å². The van der Waals surface area contributed by atoms with Crippen LogP contribution in [0.4, 0.5) is 0 Å². The van der Waals surface area contributed by atoms with Crippen molar-refractivity contribution in [3.8, 4) is 0 Å². The van der Waals surface area contributed by atoms with Crippen LogP contribution in [0.1, 0.15) is 25.7 Å². The van der Waals surface area contributed by atoms with Crippen LogP contribution in [-0.2, 0) is 9.59 Å². The van der Waals surface area contributed by atoms with E-state index < -0.39 is 28.1 Å². The zero-order valence-corrected chi connectivity index (χ0v) is 17.0. The Morgan fingerprint density at radius 2 is 0.955 bits per heavy atom. The number of carboxylic acids is 2. The Labute approximate surface area is 136 Å². The van der Waals surface area contributed by atoms with Crippen LogP contribution in [0, 0.1) is 0 Å². The highest BCUT2D eigenvalue weighted by molar-refractivity contribution is 6.76. The molecule has 0 aromatic carbocycles. The van der Waals surface area contributed by atoms with Crippen molar-refractivity contribution in [2.24, 2.45) is 0 Å². The summed E-state index contributed by atoms with van der Waals surface area (Å²) in [5.74, 6) is -2.14. The van der Waals surface area contributed by atoms with Crippen molar-refractivity contribution >= 4 is 28.1 Å². The molecule has 0 amide bonds. The molecule has 0 rings (SSSR count). The van der Waals surface area contributed by atoms with Gasteiger partial charge in [-0.1, -0.05) is 64.2 Å². The molecule has 0 aliphatic carbocycles. The average molecular weight is 345 g/mol. The van der Waals surface area contributed by atoms with Crippen LogP contribution in [0.2, 0.25) is 51.4 Å². The van der Waals surface area contributed by atoms with Crippen molar-refractivity contribution < 1.29 is 19.8 Å². The summed E-state index contributed by atoms with van der Waals surface area (Å²) in [5.41, 5.74) is 0.225. The van der Waals surface area contributed by atoms with Gasteiger partial charge in [0.05, 0.1) is 0 Å². The molecule has 0 heterocycles. The summed E-state index contributed by atoms with van der Waals surface area (Å²) in [7, 11) is -2.46. The van der Waals surface area contributed by atoms with Crippen molar-refractivity contribution in [1.29, 1.82) is 0 Å². The number of hydrogen-bond acceptors (Lipinski definition) is 2. The van der Waals surface area contributed by atoms with Gasteiger partial charge >= 0.3 is 11.9 Å². The first-order valence-corrected chi connectivity index (χ1v) is 15.4. The molecule has 0 atom stereocenters. The molecule has 0 aromatic heterocycles. The Morgan fingerprint density at radius 1 is 0.682 bits per heavy atom. The standard InChI is InChI=1S/C16H32O4Si2/c1-21(2,3)11-7-9-13(15(17)18)14(16(19)20)10-8-12-22(4,5)6/h7-12H2,1-6H3,(H,17,18)(H,19,20). The van der Waals surface area contributed by atoms with E-state index in [1.807, 2.05) is 0 Å². The van der Waals surface area contributed by atoms with E-state index in [0.717, 1.165) is 24.9 Å². The minimum absolute atomic E-state index is 0.112. The van der Waals surface area contributed by atoms with Crippen LogP contribution in [-0.4, -0.2) is 38.3 Å². The van der Waals surface area contributed by atoms with Gasteiger partial charge in [-0.05, 0) is 12.8 Å². The Morgan fingerprint density at radius 3 is 1.14 bits per heavy atom. The van der Waals surface area contributed by atoms with Gasteiger partial charge in [-0.2, -0.15) is 0 Å². The van der Waals surface area contributed by atoms with Gasteiger partial charge in [-0.3, -0.25) is 0 Å². The number of aliphatic carboxylic acids is 2. The zero-order chi connectivity index (χ0) is 17.6. The van der Waals surface area contributed by atoms with Gasteiger partial charge in [0.1, 0.15) is 0 Å². The minimum Gasteiger partial charge on any atom is -0.478 e. The van der Waals surface area contributed by atoms with Gasteiger partial charge in [-0.15, -0.1) is 0 Å². The van der Waals surface area contributed by atoms with Crippen LogP contribution < -0.4 is 0 Å². The summed E-state index contributed by atoms with van der Waals surface area (Å²) in [6.45, 7) is 13.4. The number of carbonyl (C=O) groups is 2. The third-order valence-corrected chi connectivity index (χ3v) is 7.29.